The van der Waals surface area contributed by atoms with Crippen molar-refractivity contribution in [2.45, 2.75) is 31.4 Å². The van der Waals surface area contributed by atoms with Gasteiger partial charge in [0.1, 0.15) is 11.4 Å². The van der Waals surface area contributed by atoms with Gasteiger partial charge in [0.2, 0.25) is 0 Å². The zero-order valence-electron chi connectivity index (χ0n) is 16.4. The molecule has 3 N–H and O–H groups in total. The van der Waals surface area contributed by atoms with Gasteiger partial charge >= 0.3 is 5.69 Å². The molecule has 8 nitrogen and oxygen atoms in total. The van der Waals surface area contributed by atoms with E-state index in [1.807, 2.05) is 31.3 Å². The van der Waals surface area contributed by atoms with Gasteiger partial charge in [-0.1, -0.05) is 12.1 Å². The van der Waals surface area contributed by atoms with Gasteiger partial charge in [-0.15, -0.1) is 0 Å². The summed E-state index contributed by atoms with van der Waals surface area (Å²) in [6.45, 7) is 2.27. The Labute approximate surface area is 164 Å². The highest BCUT2D eigenvalue weighted by Crippen LogP contribution is 2.25. The van der Waals surface area contributed by atoms with Crippen LogP contribution in [0.2, 0.25) is 0 Å². The standard InChI is InChI=1S/C20H28N4O4/c1-23(13-15-4-6-16(28-2)7-5-15)14-20(27)8-3-10-24(11-9-20)18(25)17-12-21-19(26)22-17/h4-7,12,27H,3,8-11,13-14H2,1-2H3,(H2,21,22,26)/t20-/m1/s1. The quantitative estimate of drug-likeness (QED) is 0.690. The van der Waals surface area contributed by atoms with E-state index in [4.69, 9.17) is 4.74 Å². The van der Waals surface area contributed by atoms with Crippen molar-refractivity contribution in [2.75, 3.05) is 33.8 Å². The Morgan fingerprint density at radius 2 is 2.04 bits per heavy atom. The monoisotopic (exact) mass is 388 g/mol. The highest BCUT2D eigenvalue weighted by molar-refractivity contribution is 5.92. The van der Waals surface area contributed by atoms with Crippen LogP contribution in [0.25, 0.3) is 0 Å². The number of methoxy groups -OCH3 is 1. The van der Waals surface area contributed by atoms with Gasteiger partial charge < -0.3 is 24.7 Å². The Morgan fingerprint density at radius 1 is 1.29 bits per heavy atom. The first-order valence-electron chi connectivity index (χ1n) is 9.49. The second-order valence-corrected chi connectivity index (χ2v) is 7.55. The fourth-order valence-electron chi connectivity index (χ4n) is 3.76. The molecule has 0 spiro atoms. The maximum absolute atomic E-state index is 12.5. The molecule has 1 atom stereocenters. The van der Waals surface area contributed by atoms with E-state index >= 15 is 0 Å². The number of ether oxygens (including phenoxy) is 1. The Kier molecular flexibility index (Phi) is 6.21. The third-order valence-electron chi connectivity index (χ3n) is 5.21. The molecule has 0 aliphatic carbocycles. The molecular formula is C20H28N4O4. The van der Waals surface area contributed by atoms with Crippen LogP contribution in [0.15, 0.2) is 35.3 Å². The van der Waals surface area contributed by atoms with Gasteiger partial charge in [-0.2, -0.15) is 0 Å². The molecule has 1 aromatic heterocycles. The number of likely N-dealkylation sites (tertiary alicyclic amines) is 1. The van der Waals surface area contributed by atoms with E-state index in [2.05, 4.69) is 14.9 Å². The Balaban J connectivity index is 1.56. The van der Waals surface area contributed by atoms with E-state index in [9.17, 15) is 14.7 Å². The number of aromatic amines is 2. The van der Waals surface area contributed by atoms with Crippen molar-refractivity contribution in [1.29, 1.82) is 0 Å². The molecule has 1 aliphatic rings. The molecular weight excluding hydrogens is 360 g/mol. The molecule has 1 amide bonds. The number of benzene rings is 1. The van der Waals surface area contributed by atoms with Gasteiger partial charge in [-0.05, 0) is 44.0 Å². The summed E-state index contributed by atoms with van der Waals surface area (Å²) in [6.07, 6.45) is 3.24. The number of rotatable bonds is 6. The summed E-state index contributed by atoms with van der Waals surface area (Å²) in [5.41, 5.74) is 0.164. The minimum absolute atomic E-state index is 0.214. The van der Waals surface area contributed by atoms with Gasteiger partial charge in [0.15, 0.2) is 0 Å². The molecule has 0 bridgehead atoms. The summed E-state index contributed by atoms with van der Waals surface area (Å²) in [5.74, 6) is 0.608. The number of nitrogens with zero attached hydrogens (tertiary/aromatic N) is 2. The number of aliphatic hydroxyl groups is 1. The number of hydrogen-bond donors (Lipinski definition) is 3. The number of carbonyl (C=O) groups excluding carboxylic acids is 1. The number of likely N-dealkylation sites (N-methyl/N-ethyl adjacent to an activating group) is 1. The summed E-state index contributed by atoms with van der Waals surface area (Å²) in [4.78, 5) is 32.5. The van der Waals surface area contributed by atoms with Gasteiger partial charge in [-0.3, -0.25) is 9.69 Å². The summed E-state index contributed by atoms with van der Waals surface area (Å²) < 4.78 is 5.18. The van der Waals surface area contributed by atoms with E-state index in [0.29, 0.717) is 38.9 Å². The first kappa shape index (κ1) is 20.2. The fraction of sp³-hybridized carbons (Fsp3) is 0.500. The van der Waals surface area contributed by atoms with Crippen LogP contribution in [0.5, 0.6) is 5.75 Å². The van der Waals surface area contributed by atoms with E-state index in [1.165, 1.54) is 6.20 Å². The van der Waals surface area contributed by atoms with Gasteiger partial charge in [0.25, 0.3) is 5.91 Å². The van der Waals surface area contributed by atoms with Crippen LogP contribution in [0.3, 0.4) is 0 Å². The van der Waals surface area contributed by atoms with Crippen LogP contribution in [0.4, 0.5) is 0 Å². The molecule has 1 aromatic carbocycles. The number of nitrogens with one attached hydrogen (secondary N) is 2. The highest BCUT2D eigenvalue weighted by Gasteiger charge is 2.33. The lowest BCUT2D eigenvalue weighted by molar-refractivity contribution is -0.00402. The van der Waals surface area contributed by atoms with Crippen LogP contribution < -0.4 is 10.4 Å². The van der Waals surface area contributed by atoms with Crippen molar-refractivity contribution in [1.82, 2.24) is 19.8 Å². The van der Waals surface area contributed by atoms with Crippen LogP contribution >= 0.6 is 0 Å². The van der Waals surface area contributed by atoms with Gasteiger partial charge in [-0.25, -0.2) is 4.79 Å². The lowest BCUT2D eigenvalue weighted by atomic mass is 9.94. The van der Waals surface area contributed by atoms with Crippen molar-refractivity contribution in [2.24, 2.45) is 0 Å². The SMILES string of the molecule is COc1ccc(CN(C)C[C@@]2(O)CCCN(C(=O)c3c[nH]c(=O)[nH]3)CC2)cc1. The van der Waals surface area contributed by atoms with Crippen LogP contribution in [-0.2, 0) is 6.54 Å². The third-order valence-corrected chi connectivity index (χ3v) is 5.21. The van der Waals surface area contributed by atoms with Crippen LogP contribution in [0, 0.1) is 0 Å². The number of amides is 1. The Hall–Kier alpha value is -2.58. The fourth-order valence-corrected chi connectivity index (χ4v) is 3.76. The van der Waals surface area contributed by atoms with Crippen molar-refractivity contribution in [3.05, 3.63) is 52.2 Å². The maximum Gasteiger partial charge on any atom is 0.323 e. The second kappa shape index (κ2) is 8.62. The molecule has 2 aromatic rings. The highest BCUT2D eigenvalue weighted by atomic mass is 16.5. The van der Waals surface area contributed by atoms with Crippen molar-refractivity contribution in [3.63, 3.8) is 0 Å². The van der Waals surface area contributed by atoms with Crippen molar-refractivity contribution >= 4 is 5.91 Å². The number of hydrogen-bond acceptors (Lipinski definition) is 5. The third kappa shape index (κ3) is 5.02. The second-order valence-electron chi connectivity index (χ2n) is 7.55. The van der Waals surface area contributed by atoms with E-state index in [-0.39, 0.29) is 11.6 Å². The predicted molar refractivity (Wildman–Crippen MR) is 105 cm³/mol. The zero-order valence-corrected chi connectivity index (χ0v) is 16.4. The number of aromatic nitrogens is 2. The summed E-state index contributed by atoms with van der Waals surface area (Å²) >= 11 is 0. The molecule has 0 saturated carbocycles. The summed E-state index contributed by atoms with van der Waals surface area (Å²) in [7, 11) is 3.63. The summed E-state index contributed by atoms with van der Waals surface area (Å²) in [5, 5.41) is 11.1. The van der Waals surface area contributed by atoms with E-state index in [1.54, 1.807) is 12.0 Å². The average Bonchev–Trinajstić information content (AvgIpc) is 3.01. The lowest BCUT2D eigenvalue weighted by Gasteiger charge is -2.31. The molecule has 2 heterocycles. The van der Waals surface area contributed by atoms with Crippen molar-refractivity contribution < 1.29 is 14.6 Å². The topological polar surface area (TPSA) is 102 Å². The van der Waals surface area contributed by atoms with Gasteiger partial charge in [0.05, 0.1) is 12.7 Å². The first-order valence-corrected chi connectivity index (χ1v) is 9.49. The predicted octanol–water partition coefficient (Wildman–Crippen LogP) is 1.20. The molecule has 28 heavy (non-hydrogen) atoms. The summed E-state index contributed by atoms with van der Waals surface area (Å²) in [6, 6.07) is 7.89. The maximum atomic E-state index is 12.5. The minimum atomic E-state index is -0.845. The molecule has 0 radical (unpaired) electrons. The van der Waals surface area contributed by atoms with Crippen LogP contribution in [0.1, 0.15) is 35.3 Å². The van der Waals surface area contributed by atoms with E-state index < -0.39 is 11.3 Å². The molecule has 0 unspecified atom stereocenters. The lowest BCUT2D eigenvalue weighted by Crippen LogP contribution is -2.42. The number of H-pyrrole nitrogens is 2. The molecule has 1 saturated heterocycles. The smallest absolute Gasteiger partial charge is 0.323 e. The average molecular weight is 388 g/mol. The Bertz CT molecular complexity index is 844. The zero-order chi connectivity index (χ0) is 20.1. The first-order chi connectivity index (χ1) is 13.4. The molecule has 3 rings (SSSR count). The largest absolute Gasteiger partial charge is 0.497 e. The molecule has 8 heteroatoms. The number of imidazole rings is 1. The molecule has 1 aliphatic heterocycles. The van der Waals surface area contributed by atoms with Crippen LogP contribution in [-0.4, -0.2) is 70.2 Å². The van der Waals surface area contributed by atoms with Gasteiger partial charge in [0, 0.05) is 32.4 Å². The molecule has 1 fully saturated rings. The van der Waals surface area contributed by atoms with E-state index in [0.717, 1.165) is 17.9 Å². The Morgan fingerprint density at radius 3 is 2.68 bits per heavy atom. The molecule has 152 valence electrons. The normalized spacial score (nSPS) is 20.2. The minimum Gasteiger partial charge on any atom is -0.497 e. The number of carbonyl (C=O) groups is 1. The van der Waals surface area contributed by atoms with Crippen molar-refractivity contribution in [3.8, 4) is 5.75 Å².